The Morgan fingerprint density at radius 3 is 2.60 bits per heavy atom. The first kappa shape index (κ1) is 11.8. The second-order valence-corrected chi connectivity index (χ2v) is 3.63. The van der Waals surface area contributed by atoms with Gasteiger partial charge in [-0.25, -0.2) is 0 Å². The first-order valence-corrected chi connectivity index (χ1v) is 5.47. The number of nitrogens with one attached hydrogen (secondary N) is 1. The van der Waals surface area contributed by atoms with Crippen molar-refractivity contribution in [2.45, 2.75) is 25.7 Å². The maximum Gasteiger partial charge on any atom is 0.00948 e. The van der Waals surface area contributed by atoms with Crippen LogP contribution in [0.1, 0.15) is 31.2 Å². The average Bonchev–Trinajstić information content (AvgIpc) is 2.29. The van der Waals surface area contributed by atoms with Gasteiger partial charge in [0.15, 0.2) is 0 Å². The van der Waals surface area contributed by atoms with E-state index in [2.05, 4.69) is 47.5 Å². The van der Waals surface area contributed by atoms with Crippen LogP contribution in [0.25, 0.3) is 0 Å². The molecule has 1 nitrogen and oxygen atoms in total. The Morgan fingerprint density at radius 1 is 1.27 bits per heavy atom. The second kappa shape index (κ2) is 7.09. The van der Waals surface area contributed by atoms with Crippen molar-refractivity contribution in [1.82, 2.24) is 5.32 Å². The lowest BCUT2D eigenvalue weighted by atomic mass is 9.94. The molecule has 0 amide bonds. The molecular weight excluding hydrogens is 182 g/mol. The molecule has 1 atom stereocenters. The van der Waals surface area contributed by atoms with Gasteiger partial charge in [-0.05, 0) is 31.9 Å². The van der Waals surface area contributed by atoms with Crippen molar-refractivity contribution in [2.24, 2.45) is 0 Å². The summed E-state index contributed by atoms with van der Waals surface area (Å²) in [5.41, 5.74) is 1.41. The number of likely N-dealkylation sites (N-methyl/N-ethyl adjacent to an activating group) is 1. The summed E-state index contributed by atoms with van der Waals surface area (Å²) < 4.78 is 0. The molecule has 0 fully saturated rings. The topological polar surface area (TPSA) is 12.0 Å². The SMILES string of the molecule is CC#CCCC(CNC)c1ccccc1. The summed E-state index contributed by atoms with van der Waals surface area (Å²) in [4.78, 5) is 0. The highest BCUT2D eigenvalue weighted by atomic mass is 14.8. The van der Waals surface area contributed by atoms with E-state index in [0.29, 0.717) is 5.92 Å². The van der Waals surface area contributed by atoms with Crippen molar-refractivity contribution in [3.05, 3.63) is 35.9 Å². The minimum Gasteiger partial charge on any atom is -0.319 e. The molecule has 0 bridgehead atoms. The highest BCUT2D eigenvalue weighted by molar-refractivity contribution is 5.20. The third-order valence-corrected chi connectivity index (χ3v) is 2.52. The van der Waals surface area contributed by atoms with Gasteiger partial charge in [-0.15, -0.1) is 11.8 Å². The van der Waals surface area contributed by atoms with Crippen LogP contribution < -0.4 is 5.32 Å². The summed E-state index contributed by atoms with van der Waals surface area (Å²) in [7, 11) is 2.00. The molecule has 0 aromatic heterocycles. The van der Waals surface area contributed by atoms with Crippen LogP contribution in [0.5, 0.6) is 0 Å². The monoisotopic (exact) mass is 201 g/mol. The quantitative estimate of drug-likeness (QED) is 0.722. The summed E-state index contributed by atoms with van der Waals surface area (Å²) in [5.74, 6) is 6.66. The highest BCUT2D eigenvalue weighted by Crippen LogP contribution is 2.19. The molecule has 0 aliphatic carbocycles. The molecule has 0 heterocycles. The first-order chi connectivity index (χ1) is 7.38. The second-order valence-electron chi connectivity index (χ2n) is 3.63. The molecule has 0 aliphatic heterocycles. The Hall–Kier alpha value is -1.26. The van der Waals surface area contributed by atoms with Gasteiger partial charge >= 0.3 is 0 Å². The largest absolute Gasteiger partial charge is 0.319 e. The summed E-state index contributed by atoms with van der Waals surface area (Å²) in [6.07, 6.45) is 2.11. The Bertz CT molecular complexity index is 318. The minimum absolute atomic E-state index is 0.581. The fourth-order valence-corrected chi connectivity index (χ4v) is 1.73. The summed E-state index contributed by atoms with van der Waals surface area (Å²) in [6.45, 7) is 2.92. The zero-order valence-corrected chi connectivity index (χ0v) is 9.59. The third-order valence-electron chi connectivity index (χ3n) is 2.52. The van der Waals surface area contributed by atoms with Crippen LogP contribution in [0.3, 0.4) is 0 Å². The van der Waals surface area contributed by atoms with Crippen LogP contribution in [0.15, 0.2) is 30.3 Å². The summed E-state index contributed by atoms with van der Waals surface area (Å²) >= 11 is 0. The van der Waals surface area contributed by atoms with Crippen LogP contribution in [-0.4, -0.2) is 13.6 Å². The van der Waals surface area contributed by atoms with Gasteiger partial charge in [-0.1, -0.05) is 30.3 Å². The average molecular weight is 201 g/mol. The Balaban J connectivity index is 2.60. The van der Waals surface area contributed by atoms with E-state index in [9.17, 15) is 0 Å². The molecule has 1 aromatic carbocycles. The van der Waals surface area contributed by atoms with E-state index >= 15 is 0 Å². The van der Waals surface area contributed by atoms with Gasteiger partial charge in [0.2, 0.25) is 0 Å². The number of rotatable bonds is 5. The summed E-state index contributed by atoms with van der Waals surface area (Å²) in [5, 5.41) is 3.25. The molecule has 0 aliphatic rings. The molecular formula is C14H19N. The summed E-state index contributed by atoms with van der Waals surface area (Å²) in [6, 6.07) is 10.7. The van der Waals surface area contributed by atoms with Crippen LogP contribution >= 0.6 is 0 Å². The molecule has 15 heavy (non-hydrogen) atoms. The van der Waals surface area contributed by atoms with E-state index in [-0.39, 0.29) is 0 Å². The van der Waals surface area contributed by atoms with Gasteiger partial charge in [0, 0.05) is 13.0 Å². The van der Waals surface area contributed by atoms with Crippen molar-refractivity contribution in [1.29, 1.82) is 0 Å². The smallest absolute Gasteiger partial charge is 0.00948 e. The maximum atomic E-state index is 3.25. The number of hydrogen-bond acceptors (Lipinski definition) is 1. The molecule has 1 rings (SSSR count). The van der Waals surface area contributed by atoms with Crippen molar-refractivity contribution in [2.75, 3.05) is 13.6 Å². The molecule has 0 saturated carbocycles. The lowest BCUT2D eigenvalue weighted by Crippen LogP contribution is -2.17. The zero-order valence-electron chi connectivity index (χ0n) is 9.59. The van der Waals surface area contributed by atoms with E-state index in [4.69, 9.17) is 0 Å². The molecule has 1 unspecified atom stereocenters. The molecule has 0 spiro atoms. The maximum absolute atomic E-state index is 3.25. The zero-order chi connectivity index (χ0) is 10.9. The van der Waals surface area contributed by atoms with Crippen molar-refractivity contribution in [3.8, 4) is 11.8 Å². The Labute approximate surface area is 92.9 Å². The fraction of sp³-hybridized carbons (Fsp3) is 0.429. The van der Waals surface area contributed by atoms with E-state index in [1.807, 2.05) is 14.0 Å². The van der Waals surface area contributed by atoms with E-state index in [1.54, 1.807) is 0 Å². The van der Waals surface area contributed by atoms with Crippen LogP contribution in [0.2, 0.25) is 0 Å². The third kappa shape index (κ3) is 4.18. The van der Waals surface area contributed by atoms with Crippen molar-refractivity contribution >= 4 is 0 Å². The molecule has 1 aromatic rings. The predicted octanol–water partition coefficient (Wildman–Crippen LogP) is 2.79. The Morgan fingerprint density at radius 2 is 2.00 bits per heavy atom. The number of benzene rings is 1. The van der Waals surface area contributed by atoms with Crippen LogP contribution in [-0.2, 0) is 0 Å². The number of hydrogen-bond donors (Lipinski definition) is 1. The molecule has 0 radical (unpaired) electrons. The molecule has 1 N–H and O–H groups in total. The van der Waals surface area contributed by atoms with Gasteiger partial charge in [-0.3, -0.25) is 0 Å². The molecule has 80 valence electrons. The van der Waals surface area contributed by atoms with Gasteiger partial charge in [0.05, 0.1) is 0 Å². The Kier molecular flexibility index (Phi) is 5.58. The van der Waals surface area contributed by atoms with Crippen LogP contribution in [0, 0.1) is 11.8 Å². The lowest BCUT2D eigenvalue weighted by Gasteiger charge is -2.15. The fourth-order valence-electron chi connectivity index (χ4n) is 1.73. The van der Waals surface area contributed by atoms with Crippen molar-refractivity contribution in [3.63, 3.8) is 0 Å². The van der Waals surface area contributed by atoms with Gasteiger partial charge < -0.3 is 5.32 Å². The van der Waals surface area contributed by atoms with Crippen molar-refractivity contribution < 1.29 is 0 Å². The van der Waals surface area contributed by atoms with Gasteiger partial charge in [0.25, 0.3) is 0 Å². The van der Waals surface area contributed by atoms with E-state index < -0.39 is 0 Å². The predicted molar refractivity (Wildman–Crippen MR) is 65.8 cm³/mol. The highest BCUT2D eigenvalue weighted by Gasteiger charge is 2.08. The molecule has 0 saturated heterocycles. The lowest BCUT2D eigenvalue weighted by molar-refractivity contribution is 0.593. The normalized spacial score (nSPS) is 11.6. The molecule has 1 heteroatoms. The van der Waals surface area contributed by atoms with E-state index in [1.165, 1.54) is 5.56 Å². The van der Waals surface area contributed by atoms with Gasteiger partial charge in [0.1, 0.15) is 0 Å². The van der Waals surface area contributed by atoms with Gasteiger partial charge in [-0.2, -0.15) is 0 Å². The standard InChI is InChI=1S/C14H19N/c1-3-4-6-11-14(12-15-2)13-9-7-5-8-10-13/h5,7-10,14-15H,6,11-12H2,1-2H3. The first-order valence-electron chi connectivity index (χ1n) is 5.47. The minimum atomic E-state index is 0.581. The van der Waals surface area contributed by atoms with Crippen LogP contribution in [0.4, 0.5) is 0 Å². The van der Waals surface area contributed by atoms with E-state index in [0.717, 1.165) is 19.4 Å².